The second-order valence-electron chi connectivity index (χ2n) is 10.2. The highest BCUT2D eigenvalue weighted by molar-refractivity contribution is 5.77. The molecular formula is C33H53NO8. The van der Waals surface area contributed by atoms with Gasteiger partial charge in [0.2, 0.25) is 5.91 Å². The minimum atomic E-state index is -1.58. The number of carbonyl (C=O) groups excluding carboxylic acids is 1. The smallest absolute Gasteiger partial charge is 0.224 e. The lowest BCUT2D eigenvalue weighted by Crippen LogP contribution is -2.60. The van der Waals surface area contributed by atoms with Gasteiger partial charge < -0.3 is 40.3 Å². The molecule has 0 spiro atoms. The van der Waals surface area contributed by atoms with Gasteiger partial charge in [0.15, 0.2) is 6.29 Å². The molecule has 7 atom stereocenters. The predicted molar refractivity (Wildman–Crippen MR) is 165 cm³/mol. The Kier molecular flexibility index (Phi) is 21.6. The van der Waals surface area contributed by atoms with Crippen molar-refractivity contribution < 1.29 is 39.8 Å². The molecule has 9 nitrogen and oxygen atoms in total. The van der Waals surface area contributed by atoms with E-state index in [0.29, 0.717) is 6.42 Å². The van der Waals surface area contributed by atoms with Crippen LogP contribution in [-0.4, -0.2) is 87.5 Å². The molecule has 1 fully saturated rings. The highest BCUT2D eigenvalue weighted by Gasteiger charge is 2.44. The van der Waals surface area contributed by atoms with Gasteiger partial charge in [-0.1, -0.05) is 99.6 Å². The number of hydrogen-bond acceptors (Lipinski definition) is 8. The van der Waals surface area contributed by atoms with Crippen LogP contribution in [0.1, 0.15) is 71.6 Å². The number of aliphatic hydroxyl groups excluding tert-OH is 5. The third-order valence-electron chi connectivity index (χ3n) is 6.57. The second kappa shape index (κ2) is 24.1. The van der Waals surface area contributed by atoms with E-state index in [1.165, 1.54) is 0 Å². The van der Waals surface area contributed by atoms with Crippen LogP contribution in [0.2, 0.25) is 0 Å². The van der Waals surface area contributed by atoms with Crippen molar-refractivity contribution in [3.8, 4) is 0 Å². The van der Waals surface area contributed by atoms with Gasteiger partial charge in [-0.2, -0.15) is 0 Å². The van der Waals surface area contributed by atoms with E-state index in [9.17, 15) is 30.3 Å². The maximum Gasteiger partial charge on any atom is 0.224 e. The van der Waals surface area contributed by atoms with Gasteiger partial charge in [-0.25, -0.2) is 0 Å². The number of allylic oxidation sites excluding steroid dienone is 10. The van der Waals surface area contributed by atoms with E-state index < -0.39 is 49.5 Å². The molecule has 1 aliphatic heterocycles. The Morgan fingerprint density at radius 1 is 0.833 bits per heavy atom. The third-order valence-corrected chi connectivity index (χ3v) is 6.57. The first kappa shape index (κ1) is 37.7. The van der Waals surface area contributed by atoms with E-state index in [1.807, 2.05) is 18.2 Å². The molecule has 0 aromatic heterocycles. The van der Waals surface area contributed by atoms with Crippen molar-refractivity contribution in [2.45, 2.75) is 114 Å². The molecule has 0 aliphatic carbocycles. The minimum Gasteiger partial charge on any atom is -0.394 e. The lowest BCUT2D eigenvalue weighted by Gasteiger charge is -2.40. The fourth-order valence-corrected chi connectivity index (χ4v) is 4.03. The number of unbranched alkanes of at least 4 members (excludes halogenated alkanes) is 2. The van der Waals surface area contributed by atoms with Crippen molar-refractivity contribution in [1.29, 1.82) is 0 Å². The second-order valence-corrected chi connectivity index (χ2v) is 10.2. The molecule has 1 aliphatic rings. The Morgan fingerprint density at radius 2 is 1.40 bits per heavy atom. The molecule has 0 bridgehead atoms. The molecule has 0 radical (unpaired) electrons. The number of rotatable bonds is 21. The molecule has 1 saturated heterocycles. The summed E-state index contributed by atoms with van der Waals surface area (Å²) in [5, 5.41) is 53.0. The van der Waals surface area contributed by atoms with Crippen molar-refractivity contribution in [2.24, 2.45) is 0 Å². The molecule has 42 heavy (non-hydrogen) atoms. The summed E-state index contributed by atoms with van der Waals surface area (Å²) >= 11 is 0. The minimum absolute atomic E-state index is 0.107. The van der Waals surface area contributed by atoms with Gasteiger partial charge in [0.25, 0.3) is 0 Å². The summed E-state index contributed by atoms with van der Waals surface area (Å²) in [7, 11) is 0. The SMILES string of the molecule is CC/C=C\C/C=C\C/C=C\C/C=C\C/C=C\CC(=O)NC(COC1OC(CO)C(O)C(O)C1O)C(O)/C=C/CCCC. The quantitative estimate of drug-likeness (QED) is 0.0877. The van der Waals surface area contributed by atoms with Crippen LogP contribution in [0.25, 0.3) is 0 Å². The third kappa shape index (κ3) is 16.3. The molecule has 7 unspecified atom stereocenters. The number of nitrogens with one attached hydrogen (secondary N) is 1. The van der Waals surface area contributed by atoms with Crippen LogP contribution in [-0.2, 0) is 14.3 Å². The van der Waals surface area contributed by atoms with Gasteiger partial charge in [0, 0.05) is 6.42 Å². The van der Waals surface area contributed by atoms with Crippen LogP contribution >= 0.6 is 0 Å². The number of aliphatic hydroxyl groups is 5. The molecule has 0 saturated carbocycles. The van der Waals surface area contributed by atoms with Crippen LogP contribution in [0.5, 0.6) is 0 Å². The summed E-state index contributed by atoms with van der Waals surface area (Å²) in [6.07, 6.45) is 23.2. The van der Waals surface area contributed by atoms with Gasteiger partial charge in [0.05, 0.1) is 25.4 Å². The fourth-order valence-electron chi connectivity index (χ4n) is 4.03. The molecular weight excluding hydrogens is 538 g/mol. The zero-order chi connectivity index (χ0) is 31.0. The molecule has 9 heteroatoms. The summed E-state index contributed by atoms with van der Waals surface area (Å²) in [6.45, 7) is 3.37. The molecule has 1 heterocycles. The molecule has 1 rings (SSSR count). The van der Waals surface area contributed by atoms with E-state index in [4.69, 9.17) is 9.47 Å². The van der Waals surface area contributed by atoms with Gasteiger partial charge in [-0.05, 0) is 38.5 Å². The first-order valence-corrected chi connectivity index (χ1v) is 15.2. The number of ether oxygens (including phenoxy) is 2. The van der Waals surface area contributed by atoms with E-state index in [-0.39, 0.29) is 18.9 Å². The van der Waals surface area contributed by atoms with E-state index in [0.717, 1.165) is 44.9 Å². The summed E-state index contributed by atoms with van der Waals surface area (Å²) < 4.78 is 11.0. The number of hydrogen-bond donors (Lipinski definition) is 6. The Labute approximate surface area is 251 Å². The van der Waals surface area contributed by atoms with Crippen LogP contribution in [0.15, 0.2) is 72.9 Å². The highest BCUT2D eigenvalue weighted by atomic mass is 16.7. The van der Waals surface area contributed by atoms with Crippen molar-refractivity contribution in [1.82, 2.24) is 5.32 Å². The monoisotopic (exact) mass is 591 g/mol. The van der Waals surface area contributed by atoms with Crippen molar-refractivity contribution in [3.63, 3.8) is 0 Å². The lowest BCUT2D eigenvalue weighted by atomic mass is 9.99. The summed E-state index contributed by atoms with van der Waals surface area (Å²) in [6, 6.07) is -0.856. The molecule has 0 aromatic rings. The van der Waals surface area contributed by atoms with Gasteiger partial charge in [-0.3, -0.25) is 4.79 Å². The van der Waals surface area contributed by atoms with E-state index in [2.05, 4.69) is 61.7 Å². The van der Waals surface area contributed by atoms with Crippen molar-refractivity contribution in [3.05, 3.63) is 72.9 Å². The van der Waals surface area contributed by atoms with Crippen molar-refractivity contribution >= 4 is 5.91 Å². The number of amides is 1. The standard InChI is InChI=1S/C33H53NO8/c1-3-5-7-9-10-11-12-13-14-15-16-17-18-19-21-23-29(37)34-26(27(36)22-20-8-6-4-2)25-41-33-32(40)31(39)30(38)28(24-35)42-33/h5,7,10-11,13-14,16-17,19-22,26-28,30-33,35-36,38-40H,3-4,6,8-9,12,15,18,23-25H2,1-2H3,(H,34,37)/b7-5-,11-10-,14-13-,17-16-,21-19-,22-20+. The first-order valence-electron chi connectivity index (χ1n) is 15.2. The average Bonchev–Trinajstić information content (AvgIpc) is 2.98. The van der Waals surface area contributed by atoms with Gasteiger partial charge >= 0.3 is 0 Å². The molecule has 6 N–H and O–H groups in total. The van der Waals surface area contributed by atoms with E-state index >= 15 is 0 Å². The fraction of sp³-hybridized carbons (Fsp3) is 0.606. The molecule has 0 aromatic carbocycles. The first-order chi connectivity index (χ1) is 20.3. The summed E-state index contributed by atoms with van der Waals surface area (Å²) in [5.41, 5.74) is 0. The maximum atomic E-state index is 12.6. The van der Waals surface area contributed by atoms with Crippen LogP contribution < -0.4 is 5.32 Å². The molecule has 1 amide bonds. The average molecular weight is 592 g/mol. The largest absolute Gasteiger partial charge is 0.394 e. The van der Waals surface area contributed by atoms with Crippen LogP contribution in [0.3, 0.4) is 0 Å². The lowest BCUT2D eigenvalue weighted by molar-refractivity contribution is -0.302. The van der Waals surface area contributed by atoms with E-state index in [1.54, 1.807) is 12.2 Å². The Bertz CT molecular complexity index is 879. The summed E-state index contributed by atoms with van der Waals surface area (Å²) in [5.74, 6) is -0.320. The van der Waals surface area contributed by atoms with Crippen molar-refractivity contribution in [2.75, 3.05) is 13.2 Å². The topological polar surface area (TPSA) is 149 Å². The Balaban J connectivity index is 2.53. The molecule has 238 valence electrons. The normalized spacial score (nSPS) is 25.2. The Morgan fingerprint density at radius 3 is 1.95 bits per heavy atom. The predicted octanol–water partition coefficient (Wildman–Crippen LogP) is 3.54. The van der Waals surface area contributed by atoms with Gasteiger partial charge in [0.1, 0.15) is 24.4 Å². The summed E-state index contributed by atoms with van der Waals surface area (Å²) in [4.78, 5) is 12.6. The highest BCUT2D eigenvalue weighted by Crippen LogP contribution is 2.22. The number of carbonyl (C=O) groups is 1. The Hall–Kier alpha value is -2.37. The maximum absolute atomic E-state index is 12.6. The zero-order valence-corrected chi connectivity index (χ0v) is 25.2. The zero-order valence-electron chi connectivity index (χ0n) is 25.2. The van der Waals surface area contributed by atoms with Gasteiger partial charge in [-0.15, -0.1) is 0 Å². The van der Waals surface area contributed by atoms with Crippen LogP contribution in [0, 0.1) is 0 Å². The van der Waals surface area contributed by atoms with Crippen LogP contribution in [0.4, 0.5) is 0 Å².